The molecule has 0 N–H and O–H groups in total. The number of methoxy groups -OCH3 is 1. The Kier molecular flexibility index (Phi) is 5.07. The van der Waals surface area contributed by atoms with Crippen molar-refractivity contribution in [2.24, 2.45) is 0 Å². The van der Waals surface area contributed by atoms with Gasteiger partial charge in [0.1, 0.15) is 0 Å². The van der Waals surface area contributed by atoms with Crippen LogP contribution in [0.1, 0.15) is 43.2 Å². The Bertz CT molecular complexity index is 738. The van der Waals surface area contributed by atoms with Crippen molar-refractivity contribution in [1.82, 2.24) is 9.88 Å². The van der Waals surface area contributed by atoms with Crippen LogP contribution >= 0.6 is 0 Å². The third kappa shape index (κ3) is 3.59. The van der Waals surface area contributed by atoms with Gasteiger partial charge in [-0.2, -0.15) is 0 Å². The number of rotatable bonds is 6. The molecular weight excluding hydrogens is 312 g/mol. The quantitative estimate of drug-likeness (QED) is 0.745. The molecule has 0 saturated carbocycles. The third-order valence-corrected chi connectivity index (χ3v) is 5.55. The number of aryl methyl sites for hydroxylation is 2. The summed E-state index contributed by atoms with van der Waals surface area (Å²) in [5.41, 5.74) is 3.88. The van der Waals surface area contributed by atoms with Gasteiger partial charge in [-0.05, 0) is 75.2 Å². The number of nitrogens with zero attached hydrogens (tertiary/aromatic N) is 2. The Morgan fingerprint density at radius 1 is 1.04 bits per heavy atom. The van der Waals surface area contributed by atoms with Crippen LogP contribution in [-0.4, -0.2) is 43.2 Å². The van der Waals surface area contributed by atoms with Crippen LogP contribution in [0, 0.1) is 0 Å². The second-order valence-electron chi connectivity index (χ2n) is 7.24. The third-order valence-electron chi connectivity index (χ3n) is 5.55. The first kappa shape index (κ1) is 16.6. The van der Waals surface area contributed by atoms with E-state index < -0.39 is 0 Å². The van der Waals surface area contributed by atoms with Gasteiger partial charge in [-0.15, -0.1) is 0 Å². The van der Waals surface area contributed by atoms with Gasteiger partial charge in [-0.25, -0.2) is 0 Å². The van der Waals surface area contributed by atoms with Gasteiger partial charge >= 0.3 is 0 Å². The zero-order chi connectivity index (χ0) is 17.1. The van der Waals surface area contributed by atoms with Gasteiger partial charge in [0.15, 0.2) is 11.5 Å². The lowest BCUT2D eigenvalue weighted by molar-refractivity contribution is 0.254. The van der Waals surface area contributed by atoms with E-state index in [1.165, 1.54) is 55.3 Å². The minimum Gasteiger partial charge on any atom is -0.493 e. The average molecular weight is 340 g/mol. The summed E-state index contributed by atoms with van der Waals surface area (Å²) in [6, 6.07) is 4.18. The van der Waals surface area contributed by atoms with Gasteiger partial charge in [-0.1, -0.05) is 0 Å². The van der Waals surface area contributed by atoms with Gasteiger partial charge in [-0.3, -0.25) is 4.98 Å². The van der Waals surface area contributed by atoms with E-state index in [0.717, 1.165) is 49.4 Å². The summed E-state index contributed by atoms with van der Waals surface area (Å²) in [5.74, 6) is 1.65. The number of aromatic nitrogens is 1. The average Bonchev–Trinajstić information content (AvgIpc) is 3.18. The highest BCUT2D eigenvalue weighted by Gasteiger charge is 2.16. The predicted octanol–water partition coefficient (Wildman–Crippen LogP) is 3.99. The van der Waals surface area contributed by atoms with Crippen LogP contribution in [0.5, 0.6) is 11.5 Å². The first-order valence-corrected chi connectivity index (χ1v) is 9.69. The van der Waals surface area contributed by atoms with Gasteiger partial charge in [0.25, 0.3) is 0 Å². The first-order chi connectivity index (χ1) is 12.3. The van der Waals surface area contributed by atoms with E-state index in [-0.39, 0.29) is 0 Å². The summed E-state index contributed by atoms with van der Waals surface area (Å²) in [7, 11) is 1.72. The number of benzene rings is 1. The summed E-state index contributed by atoms with van der Waals surface area (Å²) in [4.78, 5) is 7.20. The molecule has 134 valence electrons. The number of pyridine rings is 1. The monoisotopic (exact) mass is 340 g/mol. The van der Waals surface area contributed by atoms with E-state index in [4.69, 9.17) is 9.47 Å². The van der Waals surface area contributed by atoms with E-state index in [0.29, 0.717) is 0 Å². The van der Waals surface area contributed by atoms with Crippen LogP contribution in [-0.2, 0) is 12.8 Å². The molecule has 25 heavy (non-hydrogen) atoms. The van der Waals surface area contributed by atoms with E-state index in [1.54, 1.807) is 7.11 Å². The van der Waals surface area contributed by atoms with Crippen molar-refractivity contribution >= 4 is 10.9 Å². The standard InChI is InChI=1S/C21H28N2O2/c1-24-20-13-18-17-8-3-2-7-16(17)15-22-19(18)14-21(20)25-12-6-11-23-9-4-5-10-23/h13-15H,2-12H2,1H3. The maximum Gasteiger partial charge on any atom is 0.163 e. The summed E-state index contributed by atoms with van der Waals surface area (Å²) in [6.45, 7) is 4.34. The van der Waals surface area contributed by atoms with Crippen molar-refractivity contribution in [2.45, 2.75) is 44.9 Å². The highest BCUT2D eigenvalue weighted by atomic mass is 16.5. The molecule has 4 rings (SSSR count). The zero-order valence-electron chi connectivity index (χ0n) is 15.2. The molecule has 0 radical (unpaired) electrons. The van der Waals surface area contributed by atoms with Crippen LogP contribution in [0.3, 0.4) is 0 Å². The molecule has 1 saturated heterocycles. The molecule has 1 aromatic carbocycles. The number of fused-ring (bicyclic) bond motifs is 3. The van der Waals surface area contributed by atoms with Gasteiger partial charge < -0.3 is 14.4 Å². The lowest BCUT2D eigenvalue weighted by Gasteiger charge is -2.19. The summed E-state index contributed by atoms with van der Waals surface area (Å²) in [5, 5.41) is 1.23. The smallest absolute Gasteiger partial charge is 0.163 e. The van der Waals surface area contributed by atoms with Crippen molar-refractivity contribution in [2.75, 3.05) is 33.4 Å². The number of ether oxygens (including phenoxy) is 2. The molecule has 1 aromatic heterocycles. The molecular formula is C21H28N2O2. The molecule has 2 aromatic rings. The molecule has 0 unspecified atom stereocenters. The second kappa shape index (κ2) is 7.61. The molecule has 4 heteroatoms. The molecule has 1 fully saturated rings. The van der Waals surface area contributed by atoms with Crippen molar-refractivity contribution in [1.29, 1.82) is 0 Å². The van der Waals surface area contributed by atoms with Crippen molar-refractivity contribution in [3.8, 4) is 11.5 Å². The normalized spacial score (nSPS) is 17.6. The Hall–Kier alpha value is -1.81. The van der Waals surface area contributed by atoms with E-state index in [1.807, 2.05) is 0 Å². The van der Waals surface area contributed by atoms with Crippen LogP contribution in [0.25, 0.3) is 10.9 Å². The van der Waals surface area contributed by atoms with Crippen LogP contribution in [0.2, 0.25) is 0 Å². The highest BCUT2D eigenvalue weighted by Crippen LogP contribution is 2.36. The molecule has 2 aliphatic rings. The molecule has 2 heterocycles. The summed E-state index contributed by atoms with van der Waals surface area (Å²) >= 11 is 0. The number of likely N-dealkylation sites (tertiary alicyclic amines) is 1. The van der Waals surface area contributed by atoms with E-state index >= 15 is 0 Å². The Morgan fingerprint density at radius 2 is 1.88 bits per heavy atom. The number of hydrogen-bond acceptors (Lipinski definition) is 4. The Labute approximate surface area is 150 Å². The SMILES string of the molecule is COc1cc2c3c(cnc2cc1OCCCN1CCCC1)CCCC3. The molecule has 1 aliphatic carbocycles. The van der Waals surface area contributed by atoms with E-state index in [9.17, 15) is 0 Å². The maximum absolute atomic E-state index is 6.05. The fourth-order valence-corrected chi connectivity index (χ4v) is 4.17. The lowest BCUT2D eigenvalue weighted by Crippen LogP contribution is -2.21. The Morgan fingerprint density at radius 3 is 2.72 bits per heavy atom. The van der Waals surface area contributed by atoms with Gasteiger partial charge in [0.2, 0.25) is 0 Å². The molecule has 0 bridgehead atoms. The summed E-state index contributed by atoms with van der Waals surface area (Å²) < 4.78 is 11.7. The van der Waals surface area contributed by atoms with E-state index in [2.05, 4.69) is 28.2 Å². The number of hydrogen-bond donors (Lipinski definition) is 0. The van der Waals surface area contributed by atoms with Crippen molar-refractivity contribution in [3.63, 3.8) is 0 Å². The first-order valence-electron chi connectivity index (χ1n) is 9.69. The van der Waals surface area contributed by atoms with Gasteiger partial charge in [0.05, 0.1) is 19.2 Å². The largest absolute Gasteiger partial charge is 0.493 e. The minimum absolute atomic E-state index is 0.726. The Balaban J connectivity index is 1.50. The van der Waals surface area contributed by atoms with Gasteiger partial charge in [0, 0.05) is 24.2 Å². The van der Waals surface area contributed by atoms with Crippen molar-refractivity contribution in [3.05, 3.63) is 29.5 Å². The fraction of sp³-hybridized carbons (Fsp3) is 0.571. The predicted molar refractivity (Wildman–Crippen MR) is 101 cm³/mol. The molecule has 0 atom stereocenters. The summed E-state index contributed by atoms with van der Waals surface area (Å²) in [6.07, 6.45) is 10.6. The van der Waals surface area contributed by atoms with Crippen molar-refractivity contribution < 1.29 is 9.47 Å². The second-order valence-corrected chi connectivity index (χ2v) is 7.24. The molecule has 0 amide bonds. The fourth-order valence-electron chi connectivity index (χ4n) is 4.17. The molecule has 4 nitrogen and oxygen atoms in total. The topological polar surface area (TPSA) is 34.6 Å². The molecule has 0 spiro atoms. The van der Waals surface area contributed by atoms with Crippen LogP contribution in [0.4, 0.5) is 0 Å². The lowest BCUT2D eigenvalue weighted by atomic mass is 9.90. The maximum atomic E-state index is 6.05. The molecule has 1 aliphatic heterocycles. The highest BCUT2D eigenvalue weighted by molar-refractivity contribution is 5.86. The minimum atomic E-state index is 0.726. The zero-order valence-corrected chi connectivity index (χ0v) is 15.2. The van der Waals surface area contributed by atoms with Crippen LogP contribution < -0.4 is 9.47 Å². The van der Waals surface area contributed by atoms with Crippen LogP contribution in [0.15, 0.2) is 18.3 Å².